The smallest absolute Gasteiger partial charge is 0.236 e. The van der Waals surface area contributed by atoms with Crippen molar-refractivity contribution in [2.75, 3.05) is 5.75 Å². The number of nitrogens with one attached hydrogen (secondary N) is 1. The molecule has 2 aromatic carbocycles. The molecule has 0 aromatic heterocycles. The molecular formula is C18H18FNO3S. The summed E-state index contributed by atoms with van der Waals surface area (Å²) in [6, 6.07) is 14.4. The van der Waals surface area contributed by atoms with E-state index in [4.69, 9.17) is 0 Å². The average Bonchev–Trinajstić information content (AvgIpc) is 3.38. The van der Waals surface area contributed by atoms with Crippen LogP contribution in [0.3, 0.4) is 0 Å². The molecule has 24 heavy (non-hydrogen) atoms. The van der Waals surface area contributed by atoms with Gasteiger partial charge in [-0.05, 0) is 36.5 Å². The highest BCUT2D eigenvalue weighted by Crippen LogP contribution is 2.40. The summed E-state index contributed by atoms with van der Waals surface area (Å²) in [5, 5.41) is 2.80. The fraction of sp³-hybridized carbons (Fsp3) is 0.278. The van der Waals surface area contributed by atoms with E-state index < -0.39 is 32.2 Å². The van der Waals surface area contributed by atoms with Crippen molar-refractivity contribution >= 4 is 15.7 Å². The van der Waals surface area contributed by atoms with E-state index in [-0.39, 0.29) is 6.04 Å². The van der Waals surface area contributed by atoms with Crippen LogP contribution in [0.2, 0.25) is 0 Å². The number of carbonyl (C=O) groups excluding carboxylic acids is 1. The van der Waals surface area contributed by atoms with Gasteiger partial charge in [-0.25, -0.2) is 12.8 Å². The summed E-state index contributed by atoms with van der Waals surface area (Å²) in [7, 11) is -4.01. The van der Waals surface area contributed by atoms with E-state index in [0.717, 1.165) is 24.5 Å². The number of carbonyl (C=O) groups is 1. The third-order valence-electron chi connectivity index (χ3n) is 4.06. The summed E-state index contributed by atoms with van der Waals surface area (Å²) >= 11 is 0. The Morgan fingerprint density at radius 3 is 2.33 bits per heavy atom. The molecule has 1 aliphatic carbocycles. The normalized spacial score (nSPS) is 15.7. The first-order chi connectivity index (χ1) is 11.5. The highest BCUT2D eigenvalue weighted by molar-refractivity contribution is 7.92. The number of hydrogen-bond acceptors (Lipinski definition) is 3. The lowest BCUT2D eigenvalue weighted by Gasteiger charge is -2.19. The second-order valence-electron chi connectivity index (χ2n) is 5.98. The summed E-state index contributed by atoms with van der Waals surface area (Å²) in [6.07, 6.45) is 2.00. The number of hydrogen-bond donors (Lipinski definition) is 1. The molecule has 0 heterocycles. The Kier molecular flexibility index (Phi) is 4.66. The van der Waals surface area contributed by atoms with Gasteiger partial charge >= 0.3 is 0 Å². The fourth-order valence-corrected chi connectivity index (χ4v) is 3.96. The number of rotatable bonds is 6. The number of halogens is 1. The van der Waals surface area contributed by atoms with Crippen LogP contribution in [0.1, 0.15) is 24.4 Å². The van der Waals surface area contributed by atoms with Gasteiger partial charge in [0, 0.05) is 0 Å². The molecular weight excluding hydrogens is 329 g/mol. The van der Waals surface area contributed by atoms with E-state index >= 15 is 0 Å². The molecule has 1 N–H and O–H groups in total. The standard InChI is InChI=1S/C18H18FNO3S/c19-15-8-4-5-9-16(15)24(22,23)12-17(21)20-18(14-10-11-14)13-6-2-1-3-7-13/h1-9,14,18H,10-12H2,(H,20,21)/t18-/m0/s1. The maximum atomic E-state index is 13.7. The molecule has 0 radical (unpaired) electrons. The molecule has 0 spiro atoms. The van der Waals surface area contributed by atoms with Crippen LogP contribution in [0, 0.1) is 11.7 Å². The fourth-order valence-electron chi connectivity index (χ4n) is 2.73. The van der Waals surface area contributed by atoms with Crippen LogP contribution in [0.25, 0.3) is 0 Å². The molecule has 0 aliphatic heterocycles. The summed E-state index contributed by atoms with van der Waals surface area (Å²) in [5.74, 6) is -1.89. The zero-order valence-corrected chi connectivity index (χ0v) is 13.8. The van der Waals surface area contributed by atoms with Crippen molar-refractivity contribution in [2.24, 2.45) is 5.92 Å². The SMILES string of the molecule is O=C(CS(=O)(=O)c1ccccc1F)N[C@@H](c1ccccc1)C1CC1. The second kappa shape index (κ2) is 6.73. The summed E-state index contributed by atoms with van der Waals surface area (Å²) in [4.78, 5) is 11.8. The lowest BCUT2D eigenvalue weighted by Crippen LogP contribution is -2.34. The molecule has 4 nitrogen and oxygen atoms in total. The third-order valence-corrected chi connectivity index (χ3v) is 5.70. The summed E-state index contributed by atoms with van der Waals surface area (Å²) in [5.41, 5.74) is 0.955. The van der Waals surface area contributed by atoms with Crippen LogP contribution in [-0.4, -0.2) is 20.1 Å². The van der Waals surface area contributed by atoms with Gasteiger partial charge < -0.3 is 5.32 Å². The van der Waals surface area contributed by atoms with Crippen LogP contribution in [0.4, 0.5) is 4.39 Å². The zero-order chi connectivity index (χ0) is 17.2. The molecule has 3 rings (SSSR count). The van der Waals surface area contributed by atoms with Gasteiger partial charge in [-0.1, -0.05) is 42.5 Å². The molecule has 1 aliphatic rings. The van der Waals surface area contributed by atoms with Gasteiger partial charge in [-0.2, -0.15) is 0 Å². The van der Waals surface area contributed by atoms with Crippen molar-refractivity contribution in [3.8, 4) is 0 Å². The number of sulfone groups is 1. The van der Waals surface area contributed by atoms with Crippen LogP contribution >= 0.6 is 0 Å². The summed E-state index contributed by atoms with van der Waals surface area (Å²) in [6.45, 7) is 0. The Morgan fingerprint density at radius 1 is 1.08 bits per heavy atom. The van der Waals surface area contributed by atoms with E-state index in [1.54, 1.807) is 0 Å². The van der Waals surface area contributed by atoms with E-state index in [1.807, 2.05) is 30.3 Å². The molecule has 1 atom stereocenters. The van der Waals surface area contributed by atoms with Crippen LogP contribution in [0.5, 0.6) is 0 Å². The molecule has 1 fully saturated rings. The molecule has 6 heteroatoms. The Labute approximate surface area is 140 Å². The maximum absolute atomic E-state index is 13.7. The van der Waals surface area contributed by atoms with E-state index in [9.17, 15) is 17.6 Å². The van der Waals surface area contributed by atoms with Gasteiger partial charge in [0.2, 0.25) is 5.91 Å². The van der Waals surface area contributed by atoms with Gasteiger partial charge in [-0.3, -0.25) is 4.79 Å². The minimum absolute atomic E-state index is 0.200. The lowest BCUT2D eigenvalue weighted by atomic mass is 10.0. The van der Waals surface area contributed by atoms with Crippen LogP contribution in [-0.2, 0) is 14.6 Å². The van der Waals surface area contributed by atoms with Gasteiger partial charge in [0.15, 0.2) is 9.84 Å². The van der Waals surface area contributed by atoms with Gasteiger partial charge in [0.25, 0.3) is 0 Å². The van der Waals surface area contributed by atoms with Crippen molar-refractivity contribution in [1.82, 2.24) is 5.32 Å². The van der Waals surface area contributed by atoms with Crippen molar-refractivity contribution in [1.29, 1.82) is 0 Å². The molecule has 0 unspecified atom stereocenters. The Morgan fingerprint density at radius 2 is 1.71 bits per heavy atom. The van der Waals surface area contributed by atoms with Gasteiger partial charge in [0.1, 0.15) is 16.5 Å². The predicted molar refractivity (Wildman–Crippen MR) is 88.5 cm³/mol. The minimum atomic E-state index is -4.01. The van der Waals surface area contributed by atoms with Crippen LogP contribution in [0.15, 0.2) is 59.5 Å². The van der Waals surface area contributed by atoms with Crippen LogP contribution < -0.4 is 5.32 Å². The number of benzene rings is 2. The maximum Gasteiger partial charge on any atom is 0.236 e. The van der Waals surface area contributed by atoms with Gasteiger partial charge in [0.05, 0.1) is 6.04 Å². The molecule has 126 valence electrons. The average molecular weight is 347 g/mol. The Bertz CT molecular complexity index is 832. The third kappa shape index (κ3) is 3.82. The van der Waals surface area contributed by atoms with Crippen molar-refractivity contribution < 1.29 is 17.6 Å². The Balaban J connectivity index is 1.74. The van der Waals surface area contributed by atoms with Crippen molar-refractivity contribution in [3.05, 3.63) is 66.0 Å². The van der Waals surface area contributed by atoms with E-state index in [2.05, 4.69) is 5.32 Å². The zero-order valence-electron chi connectivity index (χ0n) is 13.0. The minimum Gasteiger partial charge on any atom is -0.348 e. The quantitative estimate of drug-likeness (QED) is 0.874. The first kappa shape index (κ1) is 16.6. The lowest BCUT2D eigenvalue weighted by molar-refractivity contribution is -0.119. The number of amides is 1. The first-order valence-corrected chi connectivity index (χ1v) is 9.44. The molecule has 1 amide bonds. The topological polar surface area (TPSA) is 63.2 Å². The molecule has 2 aromatic rings. The van der Waals surface area contributed by atoms with Gasteiger partial charge in [-0.15, -0.1) is 0 Å². The first-order valence-electron chi connectivity index (χ1n) is 7.79. The second-order valence-corrected chi connectivity index (χ2v) is 7.94. The highest BCUT2D eigenvalue weighted by atomic mass is 32.2. The largest absolute Gasteiger partial charge is 0.348 e. The summed E-state index contributed by atoms with van der Waals surface area (Å²) < 4.78 is 38.2. The Hall–Kier alpha value is -2.21. The highest BCUT2D eigenvalue weighted by Gasteiger charge is 2.34. The monoisotopic (exact) mass is 347 g/mol. The predicted octanol–water partition coefficient (Wildman–Crippen LogP) is 2.87. The van der Waals surface area contributed by atoms with Crippen molar-refractivity contribution in [3.63, 3.8) is 0 Å². The molecule has 0 saturated heterocycles. The molecule has 0 bridgehead atoms. The van der Waals surface area contributed by atoms with Crippen molar-refractivity contribution in [2.45, 2.75) is 23.8 Å². The molecule has 1 saturated carbocycles. The van der Waals surface area contributed by atoms with E-state index in [1.165, 1.54) is 18.2 Å². The van der Waals surface area contributed by atoms with E-state index in [0.29, 0.717) is 5.92 Å².